The maximum Gasteiger partial charge on any atom is 0.227 e. The first-order chi connectivity index (χ1) is 13.2. The topological polar surface area (TPSA) is 92.3 Å². The zero-order valence-corrected chi connectivity index (χ0v) is 14.5. The van der Waals surface area contributed by atoms with E-state index in [2.05, 4.69) is 31.4 Å². The molecule has 0 aliphatic rings. The molecule has 4 aromatic rings. The lowest BCUT2D eigenvalue weighted by Crippen LogP contribution is -1.99. The standard InChI is InChI=1S/C20H15N7/c1-14-23-13-27(26-14)17-8-6-16(7-9-17)24-20-22-11-10-19(25-20)18-5-3-2-4-15(18)12-21/h2-11,13H,1H3,(H,22,24,25). The second kappa shape index (κ2) is 7.06. The summed E-state index contributed by atoms with van der Waals surface area (Å²) in [5, 5.41) is 16.8. The predicted molar refractivity (Wildman–Crippen MR) is 102 cm³/mol. The van der Waals surface area contributed by atoms with Crippen molar-refractivity contribution in [1.29, 1.82) is 5.26 Å². The van der Waals surface area contributed by atoms with Crippen molar-refractivity contribution >= 4 is 11.6 Å². The van der Waals surface area contributed by atoms with Crippen molar-refractivity contribution in [1.82, 2.24) is 24.7 Å². The van der Waals surface area contributed by atoms with Crippen molar-refractivity contribution in [3.8, 4) is 23.0 Å². The fraction of sp³-hybridized carbons (Fsp3) is 0.0500. The molecule has 0 radical (unpaired) electrons. The van der Waals surface area contributed by atoms with Gasteiger partial charge in [-0.2, -0.15) is 10.4 Å². The summed E-state index contributed by atoms with van der Waals surface area (Å²) in [5.74, 6) is 1.18. The van der Waals surface area contributed by atoms with Crippen LogP contribution in [0.4, 0.5) is 11.6 Å². The van der Waals surface area contributed by atoms with Crippen LogP contribution < -0.4 is 5.32 Å². The van der Waals surface area contributed by atoms with Crippen LogP contribution >= 0.6 is 0 Å². The molecule has 0 fully saturated rings. The molecule has 0 aliphatic heterocycles. The van der Waals surface area contributed by atoms with E-state index in [1.807, 2.05) is 49.4 Å². The van der Waals surface area contributed by atoms with Gasteiger partial charge in [0.2, 0.25) is 5.95 Å². The van der Waals surface area contributed by atoms with E-state index in [4.69, 9.17) is 0 Å². The molecule has 0 bridgehead atoms. The Bertz CT molecular complexity index is 1120. The first kappa shape index (κ1) is 16.4. The molecule has 0 atom stereocenters. The average Bonchev–Trinajstić information content (AvgIpc) is 3.15. The molecule has 0 spiro atoms. The molecule has 2 aromatic heterocycles. The fourth-order valence-corrected chi connectivity index (χ4v) is 2.67. The van der Waals surface area contributed by atoms with Gasteiger partial charge in [0.15, 0.2) is 0 Å². The Morgan fingerprint density at radius 3 is 2.56 bits per heavy atom. The number of hydrogen-bond donors (Lipinski definition) is 1. The van der Waals surface area contributed by atoms with Gasteiger partial charge in [0, 0.05) is 17.4 Å². The maximum absolute atomic E-state index is 9.29. The number of anilines is 2. The lowest BCUT2D eigenvalue weighted by molar-refractivity contribution is 0.863. The van der Waals surface area contributed by atoms with Gasteiger partial charge in [0.05, 0.1) is 23.0 Å². The highest BCUT2D eigenvalue weighted by Crippen LogP contribution is 2.23. The summed E-state index contributed by atoms with van der Waals surface area (Å²) in [6.07, 6.45) is 3.35. The van der Waals surface area contributed by atoms with Crippen molar-refractivity contribution in [3.63, 3.8) is 0 Å². The number of aromatic nitrogens is 5. The van der Waals surface area contributed by atoms with Gasteiger partial charge in [-0.05, 0) is 43.3 Å². The van der Waals surface area contributed by atoms with E-state index in [9.17, 15) is 5.26 Å². The SMILES string of the molecule is Cc1ncn(-c2ccc(Nc3nccc(-c4ccccc4C#N)n3)cc2)n1. The molecule has 2 heterocycles. The van der Waals surface area contributed by atoms with E-state index < -0.39 is 0 Å². The summed E-state index contributed by atoms with van der Waals surface area (Å²) >= 11 is 0. The highest BCUT2D eigenvalue weighted by atomic mass is 15.3. The summed E-state index contributed by atoms with van der Waals surface area (Å²) in [6.45, 7) is 1.85. The van der Waals surface area contributed by atoms with E-state index in [1.54, 1.807) is 29.3 Å². The number of nitrogens with zero attached hydrogens (tertiary/aromatic N) is 6. The van der Waals surface area contributed by atoms with Gasteiger partial charge < -0.3 is 5.32 Å². The minimum atomic E-state index is 0.463. The van der Waals surface area contributed by atoms with Gasteiger partial charge in [-0.1, -0.05) is 18.2 Å². The average molecular weight is 353 g/mol. The number of nitrogens with one attached hydrogen (secondary N) is 1. The lowest BCUT2D eigenvalue weighted by Gasteiger charge is -2.08. The van der Waals surface area contributed by atoms with Gasteiger partial charge in [0.25, 0.3) is 0 Å². The molecule has 4 rings (SSSR count). The monoisotopic (exact) mass is 353 g/mol. The van der Waals surface area contributed by atoms with Gasteiger partial charge in [-0.25, -0.2) is 19.6 Å². The molecule has 2 aromatic carbocycles. The Morgan fingerprint density at radius 1 is 1.00 bits per heavy atom. The highest BCUT2D eigenvalue weighted by Gasteiger charge is 2.07. The maximum atomic E-state index is 9.29. The number of benzene rings is 2. The third kappa shape index (κ3) is 3.50. The molecular weight excluding hydrogens is 338 g/mol. The van der Waals surface area contributed by atoms with Crippen LogP contribution in [-0.2, 0) is 0 Å². The fourth-order valence-electron chi connectivity index (χ4n) is 2.67. The number of nitriles is 1. The second-order valence-electron chi connectivity index (χ2n) is 5.83. The highest BCUT2D eigenvalue weighted by molar-refractivity contribution is 5.68. The van der Waals surface area contributed by atoms with Crippen LogP contribution in [0.15, 0.2) is 67.1 Å². The van der Waals surface area contributed by atoms with E-state index in [-0.39, 0.29) is 0 Å². The normalized spacial score (nSPS) is 10.4. The Labute approximate surface area is 156 Å². The van der Waals surface area contributed by atoms with Gasteiger partial charge >= 0.3 is 0 Å². The lowest BCUT2D eigenvalue weighted by atomic mass is 10.1. The third-order valence-electron chi connectivity index (χ3n) is 3.97. The predicted octanol–water partition coefficient (Wildman–Crippen LogP) is 3.65. The van der Waals surface area contributed by atoms with Crippen LogP contribution in [0.5, 0.6) is 0 Å². The Kier molecular flexibility index (Phi) is 4.29. The molecule has 7 nitrogen and oxygen atoms in total. The summed E-state index contributed by atoms with van der Waals surface area (Å²) in [6, 6.07) is 19.1. The van der Waals surface area contributed by atoms with E-state index in [1.165, 1.54) is 0 Å². The van der Waals surface area contributed by atoms with Crippen molar-refractivity contribution in [2.45, 2.75) is 6.92 Å². The first-order valence-corrected chi connectivity index (χ1v) is 8.31. The zero-order chi connectivity index (χ0) is 18.6. The van der Waals surface area contributed by atoms with E-state index in [0.29, 0.717) is 17.2 Å². The molecule has 7 heteroatoms. The van der Waals surface area contributed by atoms with Gasteiger partial charge in [0.1, 0.15) is 12.2 Å². The molecule has 0 saturated carbocycles. The Balaban J connectivity index is 1.57. The van der Waals surface area contributed by atoms with Crippen LogP contribution in [0.25, 0.3) is 16.9 Å². The van der Waals surface area contributed by atoms with Crippen LogP contribution in [0.2, 0.25) is 0 Å². The van der Waals surface area contributed by atoms with Crippen molar-refractivity contribution in [2.24, 2.45) is 0 Å². The van der Waals surface area contributed by atoms with Gasteiger partial charge in [-0.15, -0.1) is 0 Å². The van der Waals surface area contributed by atoms with E-state index in [0.717, 1.165) is 22.8 Å². The summed E-state index contributed by atoms with van der Waals surface area (Å²) < 4.78 is 1.72. The third-order valence-corrected chi connectivity index (χ3v) is 3.97. The largest absolute Gasteiger partial charge is 0.324 e. The number of rotatable bonds is 4. The van der Waals surface area contributed by atoms with Crippen molar-refractivity contribution in [2.75, 3.05) is 5.32 Å². The van der Waals surface area contributed by atoms with Crippen molar-refractivity contribution < 1.29 is 0 Å². The molecule has 0 aliphatic carbocycles. The molecule has 0 saturated heterocycles. The molecule has 130 valence electrons. The van der Waals surface area contributed by atoms with Crippen LogP contribution in [0.3, 0.4) is 0 Å². The van der Waals surface area contributed by atoms with Gasteiger partial charge in [-0.3, -0.25) is 0 Å². The van der Waals surface area contributed by atoms with Crippen molar-refractivity contribution in [3.05, 3.63) is 78.5 Å². The second-order valence-corrected chi connectivity index (χ2v) is 5.83. The Morgan fingerprint density at radius 2 is 1.81 bits per heavy atom. The van der Waals surface area contributed by atoms with Crippen LogP contribution in [0.1, 0.15) is 11.4 Å². The molecule has 0 unspecified atom stereocenters. The summed E-state index contributed by atoms with van der Waals surface area (Å²) in [4.78, 5) is 12.9. The Hall–Kier alpha value is -4.05. The summed E-state index contributed by atoms with van der Waals surface area (Å²) in [5.41, 5.74) is 3.82. The minimum absolute atomic E-state index is 0.463. The summed E-state index contributed by atoms with van der Waals surface area (Å²) in [7, 11) is 0. The van der Waals surface area contributed by atoms with Crippen LogP contribution in [-0.4, -0.2) is 24.7 Å². The number of aryl methyl sites for hydroxylation is 1. The minimum Gasteiger partial charge on any atom is -0.324 e. The number of hydrogen-bond acceptors (Lipinski definition) is 6. The quantitative estimate of drug-likeness (QED) is 0.602. The smallest absolute Gasteiger partial charge is 0.227 e. The van der Waals surface area contributed by atoms with E-state index >= 15 is 0 Å². The zero-order valence-electron chi connectivity index (χ0n) is 14.5. The molecule has 27 heavy (non-hydrogen) atoms. The first-order valence-electron chi connectivity index (χ1n) is 8.31. The molecular formula is C20H15N7. The molecule has 1 N–H and O–H groups in total. The van der Waals surface area contributed by atoms with Crippen LogP contribution in [0, 0.1) is 18.3 Å². The molecule has 0 amide bonds.